The van der Waals surface area contributed by atoms with Gasteiger partial charge in [-0.25, -0.2) is 10.8 Å². The molecule has 3 aliphatic heterocycles. The van der Waals surface area contributed by atoms with Crippen LogP contribution in [-0.4, -0.2) is 48.5 Å². The number of nitrogens with zero attached hydrogens (tertiary/aromatic N) is 3. The molecule has 240 valence electrons. The summed E-state index contributed by atoms with van der Waals surface area (Å²) in [5, 5.41) is 16.9. The fourth-order valence-electron chi connectivity index (χ4n) is 6.96. The SMILES string of the molecule is C=[C-]C(C[CH2-])c1ccc(N2CCC(N3CCC(c4ccc(N5C=CC(=N)/C5=C\C(=N)c5ccc(F)cc5)cc4)CC3)CC2)cc1.[CH3-].[K+]. The molecule has 47 heavy (non-hydrogen) atoms. The summed E-state index contributed by atoms with van der Waals surface area (Å²) in [4.78, 5) is 7.19. The van der Waals surface area contributed by atoms with Crippen molar-refractivity contribution in [1.82, 2.24) is 4.90 Å². The maximum absolute atomic E-state index is 13.3. The molecule has 3 aromatic carbocycles. The zero-order chi connectivity index (χ0) is 31.3. The van der Waals surface area contributed by atoms with E-state index < -0.39 is 0 Å². The zero-order valence-electron chi connectivity index (χ0n) is 27.9. The van der Waals surface area contributed by atoms with Gasteiger partial charge in [-0.15, -0.1) is 0 Å². The van der Waals surface area contributed by atoms with Gasteiger partial charge in [0.15, 0.2) is 0 Å². The van der Waals surface area contributed by atoms with E-state index in [1.807, 2.05) is 11.1 Å². The van der Waals surface area contributed by atoms with Gasteiger partial charge in [-0.1, -0.05) is 29.8 Å². The van der Waals surface area contributed by atoms with Crippen LogP contribution in [0.3, 0.4) is 0 Å². The minimum atomic E-state index is -0.327. The van der Waals surface area contributed by atoms with E-state index in [9.17, 15) is 4.39 Å². The summed E-state index contributed by atoms with van der Waals surface area (Å²) in [6.45, 7) is 12.3. The number of benzene rings is 3. The minimum absolute atomic E-state index is 0. The molecule has 2 fully saturated rings. The van der Waals surface area contributed by atoms with Gasteiger partial charge in [0.25, 0.3) is 0 Å². The molecule has 3 heterocycles. The Hall–Kier alpha value is -2.65. The van der Waals surface area contributed by atoms with Gasteiger partial charge in [0.05, 0.1) is 17.1 Å². The van der Waals surface area contributed by atoms with E-state index in [0.29, 0.717) is 28.9 Å². The molecule has 0 aliphatic carbocycles. The molecule has 3 aromatic rings. The summed E-state index contributed by atoms with van der Waals surface area (Å²) in [6.07, 6.45) is 13.9. The van der Waals surface area contributed by atoms with E-state index in [0.717, 1.165) is 38.3 Å². The first-order valence-corrected chi connectivity index (χ1v) is 16.1. The largest absolute Gasteiger partial charge is 1.00 e. The smallest absolute Gasteiger partial charge is 0.499 e. The molecule has 0 bridgehead atoms. The second kappa shape index (κ2) is 17.1. The van der Waals surface area contributed by atoms with Crippen LogP contribution in [0.2, 0.25) is 0 Å². The van der Waals surface area contributed by atoms with Crippen LogP contribution in [0.15, 0.2) is 103 Å². The normalized spacial score (nSPS) is 18.9. The Bertz CT molecular complexity index is 1560. The number of halogens is 1. The number of hydrogen-bond donors (Lipinski definition) is 2. The first kappa shape index (κ1) is 37.2. The molecule has 5 nitrogen and oxygen atoms in total. The average molecular weight is 654 g/mol. The molecule has 7 heteroatoms. The van der Waals surface area contributed by atoms with Crippen molar-refractivity contribution < 1.29 is 55.8 Å². The van der Waals surface area contributed by atoms with Crippen molar-refractivity contribution in [3.05, 3.63) is 146 Å². The first-order valence-electron chi connectivity index (χ1n) is 16.1. The van der Waals surface area contributed by atoms with E-state index in [-0.39, 0.29) is 76.3 Å². The number of allylic oxidation sites excluding steroid dienone is 3. The van der Waals surface area contributed by atoms with Crippen molar-refractivity contribution >= 4 is 22.8 Å². The van der Waals surface area contributed by atoms with E-state index in [1.54, 1.807) is 24.3 Å². The number of rotatable bonds is 9. The summed E-state index contributed by atoms with van der Waals surface area (Å²) in [5.74, 6) is 0.431. The second-order valence-electron chi connectivity index (χ2n) is 12.3. The Labute approximate surface area is 323 Å². The molecular weight excluding hydrogens is 609 g/mol. The van der Waals surface area contributed by atoms with E-state index in [1.165, 1.54) is 54.6 Å². The summed E-state index contributed by atoms with van der Waals surface area (Å²) < 4.78 is 13.3. The molecular formula is C40H45FKN5-2. The topological polar surface area (TPSA) is 57.4 Å². The van der Waals surface area contributed by atoms with Crippen LogP contribution in [0.25, 0.3) is 0 Å². The molecule has 6 rings (SSSR count). The van der Waals surface area contributed by atoms with Crippen LogP contribution in [0, 0.1) is 37.1 Å². The third-order valence-corrected chi connectivity index (χ3v) is 9.71. The predicted molar refractivity (Wildman–Crippen MR) is 190 cm³/mol. The number of hydrogen-bond acceptors (Lipinski definition) is 5. The van der Waals surface area contributed by atoms with Gasteiger partial charge in [-0.3, -0.25) is 12.0 Å². The standard InChI is InChI=1S/C39H42FN5.CH3.K/c1-3-28(4-2)29-7-13-34(14-8-29)44-24-19-35(20-25-44)43-22-17-31(18-23-43)30-9-15-36(16-10-30)45-26-21-37(41)39(45)27-38(42)32-5-11-33(40)12-6-32;;/h5-16,21,26-28,31,35,41-42H,1-3,17-20,22-25H2;1H3;/q-2;-1;+1/b39-27+,41-37?,42-38?;;. The Kier molecular flexibility index (Phi) is 13.6. The molecule has 0 amide bonds. The second-order valence-corrected chi connectivity index (χ2v) is 12.3. The molecule has 1 atom stereocenters. The summed E-state index contributed by atoms with van der Waals surface area (Å²) >= 11 is 0. The number of anilines is 2. The van der Waals surface area contributed by atoms with Gasteiger partial charge in [-0.2, -0.15) is 5.92 Å². The molecule has 2 saturated heterocycles. The van der Waals surface area contributed by atoms with Gasteiger partial charge in [-0.05, 0) is 117 Å². The summed E-state index contributed by atoms with van der Waals surface area (Å²) in [5.41, 5.74) is 6.75. The van der Waals surface area contributed by atoms with Crippen LogP contribution < -0.4 is 61.2 Å². The number of likely N-dealkylation sites (tertiary alicyclic amines) is 1. The Morgan fingerprint density at radius 1 is 0.915 bits per heavy atom. The monoisotopic (exact) mass is 653 g/mol. The minimum Gasteiger partial charge on any atom is -0.499 e. The predicted octanol–water partition coefficient (Wildman–Crippen LogP) is 5.73. The summed E-state index contributed by atoms with van der Waals surface area (Å²) in [6, 6.07) is 24.2. The Balaban J connectivity index is 0.00000250. The number of piperidine rings is 2. The molecule has 3 aliphatic rings. The van der Waals surface area contributed by atoms with Gasteiger partial charge in [0, 0.05) is 36.7 Å². The molecule has 1 unspecified atom stereocenters. The molecule has 0 aromatic heterocycles. The van der Waals surface area contributed by atoms with Crippen molar-refractivity contribution in [2.24, 2.45) is 0 Å². The molecule has 2 N–H and O–H groups in total. The van der Waals surface area contributed by atoms with Crippen molar-refractivity contribution in [3.63, 3.8) is 0 Å². The third-order valence-electron chi connectivity index (χ3n) is 9.71. The van der Waals surface area contributed by atoms with Gasteiger partial charge >= 0.3 is 51.4 Å². The average Bonchev–Trinajstić information content (AvgIpc) is 3.45. The van der Waals surface area contributed by atoms with Crippen molar-refractivity contribution in [3.8, 4) is 0 Å². The van der Waals surface area contributed by atoms with Crippen LogP contribution in [-0.2, 0) is 0 Å². The fourth-order valence-corrected chi connectivity index (χ4v) is 6.96. The number of nitrogens with one attached hydrogen (secondary N) is 2. The maximum atomic E-state index is 13.3. The molecule has 0 spiro atoms. The Morgan fingerprint density at radius 3 is 2.13 bits per heavy atom. The molecule has 0 saturated carbocycles. The van der Waals surface area contributed by atoms with Crippen LogP contribution in [0.4, 0.5) is 15.8 Å². The molecule has 0 radical (unpaired) electrons. The zero-order valence-corrected chi connectivity index (χ0v) is 31.0. The summed E-state index contributed by atoms with van der Waals surface area (Å²) in [7, 11) is 0. The van der Waals surface area contributed by atoms with Crippen LogP contribution in [0.5, 0.6) is 0 Å². The first-order chi connectivity index (χ1) is 21.9. The van der Waals surface area contributed by atoms with Gasteiger partial charge < -0.3 is 40.5 Å². The fraction of sp³-hybridized carbons (Fsp3) is 0.300. The third kappa shape index (κ3) is 8.69. The maximum Gasteiger partial charge on any atom is 1.00 e. The van der Waals surface area contributed by atoms with Crippen LogP contribution >= 0.6 is 0 Å². The quantitative estimate of drug-likeness (QED) is 0.176. The van der Waals surface area contributed by atoms with Crippen molar-refractivity contribution in [2.45, 2.75) is 50.0 Å². The Morgan fingerprint density at radius 2 is 1.53 bits per heavy atom. The van der Waals surface area contributed by atoms with E-state index >= 15 is 0 Å². The van der Waals surface area contributed by atoms with Gasteiger partial charge in [0.1, 0.15) is 5.82 Å². The van der Waals surface area contributed by atoms with E-state index in [2.05, 4.69) is 77.9 Å². The van der Waals surface area contributed by atoms with Gasteiger partial charge in [0.2, 0.25) is 0 Å². The van der Waals surface area contributed by atoms with Crippen molar-refractivity contribution in [2.75, 3.05) is 36.0 Å². The van der Waals surface area contributed by atoms with E-state index in [4.69, 9.17) is 10.8 Å². The van der Waals surface area contributed by atoms with Crippen LogP contribution in [0.1, 0.15) is 60.6 Å². The van der Waals surface area contributed by atoms with Crippen molar-refractivity contribution in [1.29, 1.82) is 10.8 Å².